The first-order valence-electron chi connectivity index (χ1n) is 6.94. The zero-order chi connectivity index (χ0) is 12.5. The summed E-state index contributed by atoms with van der Waals surface area (Å²) in [5, 5.41) is 3.55. The van der Waals surface area contributed by atoms with Gasteiger partial charge in [0.2, 0.25) is 0 Å². The zero-order valence-electron chi connectivity index (χ0n) is 11.4. The summed E-state index contributed by atoms with van der Waals surface area (Å²) in [6.07, 6.45) is 7.56. The summed E-state index contributed by atoms with van der Waals surface area (Å²) in [4.78, 5) is 4.26. The Labute approximate surface area is 106 Å². The van der Waals surface area contributed by atoms with Crippen LogP contribution in [0.1, 0.15) is 51.5 Å². The standard InChI is InChI=1S/C15H26N2/c1-4-9-16-12-15(13(5-2)6-3)14-8-7-10-17-11-14/h7-8,10-11,13,15-16H,4-6,9,12H2,1-3H3. The lowest BCUT2D eigenvalue weighted by Crippen LogP contribution is -2.27. The molecule has 2 heteroatoms. The third-order valence-electron chi connectivity index (χ3n) is 3.52. The van der Waals surface area contributed by atoms with Crippen LogP contribution in [0.4, 0.5) is 0 Å². The fourth-order valence-electron chi connectivity index (χ4n) is 2.44. The molecule has 0 saturated carbocycles. The van der Waals surface area contributed by atoms with Crippen molar-refractivity contribution in [1.82, 2.24) is 10.3 Å². The van der Waals surface area contributed by atoms with Crippen LogP contribution in [-0.2, 0) is 0 Å². The lowest BCUT2D eigenvalue weighted by atomic mass is 9.83. The van der Waals surface area contributed by atoms with Crippen LogP contribution in [0.2, 0.25) is 0 Å². The Kier molecular flexibility index (Phi) is 6.87. The monoisotopic (exact) mass is 234 g/mol. The summed E-state index contributed by atoms with van der Waals surface area (Å²) >= 11 is 0. The number of hydrogen-bond acceptors (Lipinski definition) is 2. The van der Waals surface area contributed by atoms with Gasteiger partial charge in [0, 0.05) is 24.9 Å². The summed E-state index contributed by atoms with van der Waals surface area (Å²) in [6.45, 7) is 8.97. The first-order chi connectivity index (χ1) is 8.33. The molecule has 0 aromatic carbocycles. The Balaban J connectivity index is 2.71. The van der Waals surface area contributed by atoms with Crippen molar-refractivity contribution < 1.29 is 0 Å². The largest absolute Gasteiger partial charge is 0.316 e. The predicted molar refractivity (Wildman–Crippen MR) is 74.2 cm³/mol. The maximum atomic E-state index is 4.26. The van der Waals surface area contributed by atoms with E-state index in [9.17, 15) is 0 Å². The van der Waals surface area contributed by atoms with Crippen LogP contribution >= 0.6 is 0 Å². The molecule has 0 saturated heterocycles. The molecule has 96 valence electrons. The van der Waals surface area contributed by atoms with Crippen LogP contribution in [0.25, 0.3) is 0 Å². The fourth-order valence-corrected chi connectivity index (χ4v) is 2.44. The average Bonchev–Trinajstić information content (AvgIpc) is 2.39. The SMILES string of the molecule is CCCNCC(c1cccnc1)C(CC)CC. The molecule has 1 rings (SSSR count). The second-order valence-electron chi connectivity index (χ2n) is 4.67. The van der Waals surface area contributed by atoms with E-state index in [2.05, 4.69) is 37.1 Å². The molecular weight excluding hydrogens is 208 g/mol. The second-order valence-corrected chi connectivity index (χ2v) is 4.67. The van der Waals surface area contributed by atoms with Gasteiger partial charge in [0.05, 0.1) is 0 Å². The molecule has 1 heterocycles. The maximum Gasteiger partial charge on any atom is 0.0303 e. The molecule has 1 aromatic heterocycles. The number of nitrogens with zero attached hydrogens (tertiary/aromatic N) is 1. The van der Waals surface area contributed by atoms with Crippen molar-refractivity contribution in [3.05, 3.63) is 30.1 Å². The van der Waals surface area contributed by atoms with E-state index in [0.29, 0.717) is 5.92 Å². The third kappa shape index (κ3) is 4.47. The van der Waals surface area contributed by atoms with E-state index in [1.807, 2.05) is 18.5 Å². The van der Waals surface area contributed by atoms with E-state index < -0.39 is 0 Å². The molecule has 0 amide bonds. The highest BCUT2D eigenvalue weighted by Gasteiger charge is 2.19. The van der Waals surface area contributed by atoms with Crippen LogP contribution in [0.15, 0.2) is 24.5 Å². The van der Waals surface area contributed by atoms with Crippen molar-refractivity contribution in [3.63, 3.8) is 0 Å². The van der Waals surface area contributed by atoms with Crippen molar-refractivity contribution in [2.24, 2.45) is 5.92 Å². The van der Waals surface area contributed by atoms with Crippen LogP contribution in [-0.4, -0.2) is 18.1 Å². The molecule has 0 radical (unpaired) electrons. The number of aromatic nitrogens is 1. The zero-order valence-corrected chi connectivity index (χ0v) is 11.4. The summed E-state index contributed by atoms with van der Waals surface area (Å²) < 4.78 is 0. The van der Waals surface area contributed by atoms with Gasteiger partial charge < -0.3 is 5.32 Å². The van der Waals surface area contributed by atoms with Crippen LogP contribution < -0.4 is 5.32 Å². The molecule has 0 aliphatic heterocycles. The minimum Gasteiger partial charge on any atom is -0.316 e. The Hall–Kier alpha value is -0.890. The summed E-state index contributed by atoms with van der Waals surface area (Å²) in [5.74, 6) is 1.36. The summed E-state index contributed by atoms with van der Waals surface area (Å²) in [6, 6.07) is 4.26. The van der Waals surface area contributed by atoms with E-state index in [4.69, 9.17) is 0 Å². The van der Waals surface area contributed by atoms with Crippen molar-refractivity contribution in [3.8, 4) is 0 Å². The minimum atomic E-state index is 0.602. The molecule has 0 bridgehead atoms. The first-order valence-corrected chi connectivity index (χ1v) is 6.94. The lowest BCUT2D eigenvalue weighted by Gasteiger charge is -2.26. The third-order valence-corrected chi connectivity index (χ3v) is 3.52. The summed E-state index contributed by atoms with van der Waals surface area (Å²) in [7, 11) is 0. The molecule has 0 fully saturated rings. The molecule has 1 aromatic rings. The average molecular weight is 234 g/mol. The minimum absolute atomic E-state index is 0.602. The van der Waals surface area contributed by atoms with Crippen LogP contribution in [0.5, 0.6) is 0 Å². The van der Waals surface area contributed by atoms with Gasteiger partial charge in [0.25, 0.3) is 0 Å². The normalized spacial score (nSPS) is 12.9. The van der Waals surface area contributed by atoms with Gasteiger partial charge in [0.1, 0.15) is 0 Å². The first kappa shape index (κ1) is 14.2. The van der Waals surface area contributed by atoms with Crippen LogP contribution in [0.3, 0.4) is 0 Å². The topological polar surface area (TPSA) is 24.9 Å². The van der Waals surface area contributed by atoms with Gasteiger partial charge in [-0.1, -0.05) is 39.7 Å². The van der Waals surface area contributed by atoms with Gasteiger partial charge in [-0.2, -0.15) is 0 Å². The molecule has 1 atom stereocenters. The second kappa shape index (κ2) is 8.24. The van der Waals surface area contributed by atoms with Gasteiger partial charge in [-0.25, -0.2) is 0 Å². The number of rotatable bonds is 8. The molecule has 2 nitrogen and oxygen atoms in total. The summed E-state index contributed by atoms with van der Waals surface area (Å²) in [5.41, 5.74) is 1.38. The van der Waals surface area contributed by atoms with Gasteiger partial charge in [-0.15, -0.1) is 0 Å². The number of hydrogen-bond donors (Lipinski definition) is 1. The molecule has 1 N–H and O–H groups in total. The van der Waals surface area contributed by atoms with Crippen molar-refractivity contribution in [2.75, 3.05) is 13.1 Å². The van der Waals surface area contributed by atoms with Gasteiger partial charge in [-0.3, -0.25) is 4.98 Å². The molecule has 0 spiro atoms. The smallest absolute Gasteiger partial charge is 0.0303 e. The lowest BCUT2D eigenvalue weighted by molar-refractivity contribution is 0.379. The van der Waals surface area contributed by atoms with Crippen molar-refractivity contribution >= 4 is 0 Å². The Morgan fingerprint density at radius 2 is 2.00 bits per heavy atom. The van der Waals surface area contributed by atoms with E-state index in [1.165, 1.54) is 24.8 Å². The van der Waals surface area contributed by atoms with Gasteiger partial charge in [-0.05, 0) is 30.5 Å². The van der Waals surface area contributed by atoms with Gasteiger partial charge in [0.15, 0.2) is 0 Å². The number of nitrogens with one attached hydrogen (secondary N) is 1. The Morgan fingerprint density at radius 3 is 2.53 bits per heavy atom. The Bertz CT molecular complexity index is 280. The highest BCUT2D eigenvalue weighted by atomic mass is 14.9. The fraction of sp³-hybridized carbons (Fsp3) is 0.667. The van der Waals surface area contributed by atoms with Crippen LogP contribution in [0, 0.1) is 5.92 Å². The molecule has 0 aliphatic rings. The van der Waals surface area contributed by atoms with E-state index in [0.717, 1.165) is 19.0 Å². The van der Waals surface area contributed by atoms with Crippen molar-refractivity contribution in [1.29, 1.82) is 0 Å². The molecular formula is C15H26N2. The molecule has 1 unspecified atom stereocenters. The molecule has 0 aliphatic carbocycles. The highest BCUT2D eigenvalue weighted by molar-refractivity contribution is 5.16. The van der Waals surface area contributed by atoms with E-state index in [-0.39, 0.29) is 0 Å². The van der Waals surface area contributed by atoms with E-state index >= 15 is 0 Å². The molecule has 17 heavy (non-hydrogen) atoms. The number of pyridine rings is 1. The predicted octanol–water partition coefficient (Wildman–Crippen LogP) is 3.60. The Morgan fingerprint density at radius 1 is 1.24 bits per heavy atom. The highest BCUT2D eigenvalue weighted by Crippen LogP contribution is 2.28. The quantitative estimate of drug-likeness (QED) is 0.695. The van der Waals surface area contributed by atoms with E-state index in [1.54, 1.807) is 0 Å². The maximum absolute atomic E-state index is 4.26. The van der Waals surface area contributed by atoms with Crippen molar-refractivity contribution in [2.45, 2.75) is 46.0 Å². The van der Waals surface area contributed by atoms with Gasteiger partial charge >= 0.3 is 0 Å².